The molecule has 0 spiro atoms. The highest BCUT2D eigenvalue weighted by atomic mass is 16.3. The van der Waals surface area contributed by atoms with Gasteiger partial charge in [-0.2, -0.15) is 0 Å². The van der Waals surface area contributed by atoms with Crippen LogP contribution in [0.5, 0.6) is 0 Å². The highest BCUT2D eigenvalue weighted by Gasteiger charge is 2.24. The molecule has 118 valence electrons. The number of carbonyl (C=O) groups excluding carboxylic acids is 1. The molecular formula is C15H31N3O2. The molecule has 1 rings (SSSR count). The Morgan fingerprint density at radius 2 is 2.25 bits per heavy atom. The van der Waals surface area contributed by atoms with Crippen LogP contribution in [0.2, 0.25) is 0 Å². The van der Waals surface area contributed by atoms with Gasteiger partial charge in [-0.3, -0.25) is 0 Å². The second-order valence-corrected chi connectivity index (χ2v) is 6.40. The van der Waals surface area contributed by atoms with Crippen molar-refractivity contribution in [2.45, 2.75) is 52.0 Å². The van der Waals surface area contributed by atoms with E-state index in [9.17, 15) is 9.90 Å². The molecule has 20 heavy (non-hydrogen) atoms. The smallest absolute Gasteiger partial charge is 0.315 e. The van der Waals surface area contributed by atoms with Crippen molar-refractivity contribution in [1.29, 1.82) is 0 Å². The quantitative estimate of drug-likeness (QED) is 0.665. The Morgan fingerprint density at radius 3 is 2.85 bits per heavy atom. The highest BCUT2D eigenvalue weighted by Crippen LogP contribution is 2.14. The van der Waals surface area contributed by atoms with Crippen LogP contribution in [0.15, 0.2) is 0 Å². The zero-order valence-electron chi connectivity index (χ0n) is 13.2. The summed E-state index contributed by atoms with van der Waals surface area (Å²) in [6.45, 7) is 10.0. The molecule has 3 N–H and O–H groups in total. The second kappa shape index (κ2) is 8.47. The molecule has 2 unspecified atom stereocenters. The molecule has 1 aliphatic heterocycles. The predicted molar refractivity (Wildman–Crippen MR) is 81.8 cm³/mol. The summed E-state index contributed by atoms with van der Waals surface area (Å²) in [6.07, 6.45) is 4.28. The molecule has 0 saturated carbocycles. The number of likely N-dealkylation sites (tertiary alicyclic amines) is 1. The van der Waals surface area contributed by atoms with E-state index in [1.54, 1.807) is 0 Å². The first-order valence-electron chi connectivity index (χ1n) is 7.88. The van der Waals surface area contributed by atoms with Gasteiger partial charge < -0.3 is 20.6 Å². The van der Waals surface area contributed by atoms with E-state index in [1.807, 2.05) is 13.8 Å². The first-order valence-corrected chi connectivity index (χ1v) is 7.88. The standard InChI is InChI=1S/C15H31N3O2/c1-4-7-15(3,12-19)17-14(20)16-8-10-18-9-5-6-13(2)11-18/h13,19H,4-12H2,1-3H3,(H2,16,17,20). The van der Waals surface area contributed by atoms with Crippen LogP contribution >= 0.6 is 0 Å². The van der Waals surface area contributed by atoms with E-state index in [4.69, 9.17) is 0 Å². The molecule has 1 fully saturated rings. The Bertz CT molecular complexity index is 299. The summed E-state index contributed by atoms with van der Waals surface area (Å²) in [6, 6.07) is -0.181. The van der Waals surface area contributed by atoms with Gasteiger partial charge in [0, 0.05) is 19.6 Å². The topological polar surface area (TPSA) is 64.6 Å². The number of nitrogens with one attached hydrogen (secondary N) is 2. The molecule has 5 nitrogen and oxygen atoms in total. The number of nitrogens with zero attached hydrogens (tertiary/aromatic N) is 1. The molecule has 5 heteroatoms. The molecule has 2 atom stereocenters. The molecule has 0 bridgehead atoms. The number of hydrogen-bond donors (Lipinski definition) is 3. The van der Waals surface area contributed by atoms with E-state index in [1.165, 1.54) is 12.8 Å². The lowest BCUT2D eigenvalue weighted by Gasteiger charge is -2.31. The predicted octanol–water partition coefficient (Wildman–Crippen LogP) is 1.57. The fourth-order valence-corrected chi connectivity index (χ4v) is 2.87. The second-order valence-electron chi connectivity index (χ2n) is 6.40. The Hall–Kier alpha value is -0.810. The third-order valence-electron chi connectivity index (χ3n) is 4.02. The van der Waals surface area contributed by atoms with Crippen LogP contribution in [0, 0.1) is 5.92 Å². The minimum absolute atomic E-state index is 0.0299. The van der Waals surface area contributed by atoms with Crippen LogP contribution in [0.25, 0.3) is 0 Å². The zero-order valence-corrected chi connectivity index (χ0v) is 13.2. The minimum atomic E-state index is -0.515. The van der Waals surface area contributed by atoms with E-state index in [2.05, 4.69) is 22.5 Å². The highest BCUT2D eigenvalue weighted by molar-refractivity contribution is 5.74. The summed E-state index contributed by atoms with van der Waals surface area (Å²) >= 11 is 0. The van der Waals surface area contributed by atoms with Gasteiger partial charge in [0.25, 0.3) is 0 Å². The summed E-state index contributed by atoms with van der Waals surface area (Å²) in [5, 5.41) is 15.1. The summed E-state index contributed by atoms with van der Waals surface area (Å²) in [5.74, 6) is 0.764. The van der Waals surface area contributed by atoms with Gasteiger partial charge in [0.15, 0.2) is 0 Å². The number of hydrogen-bond acceptors (Lipinski definition) is 3. The van der Waals surface area contributed by atoms with Crippen molar-refractivity contribution >= 4 is 6.03 Å². The van der Waals surface area contributed by atoms with Gasteiger partial charge in [-0.05, 0) is 38.6 Å². The normalized spacial score (nSPS) is 23.1. The number of aliphatic hydroxyl groups excluding tert-OH is 1. The molecule has 1 heterocycles. The van der Waals surface area contributed by atoms with Crippen molar-refractivity contribution in [2.24, 2.45) is 5.92 Å². The largest absolute Gasteiger partial charge is 0.394 e. The van der Waals surface area contributed by atoms with Crippen molar-refractivity contribution in [2.75, 3.05) is 32.8 Å². The SMILES string of the molecule is CCCC(C)(CO)NC(=O)NCCN1CCCC(C)C1. The Balaban J connectivity index is 2.22. The maximum atomic E-state index is 11.8. The molecule has 1 saturated heterocycles. The lowest BCUT2D eigenvalue weighted by molar-refractivity contribution is 0.160. The molecule has 2 amide bonds. The number of piperidine rings is 1. The molecule has 0 aromatic heterocycles. The van der Waals surface area contributed by atoms with E-state index >= 15 is 0 Å². The number of rotatable bonds is 7. The first kappa shape index (κ1) is 17.2. The van der Waals surface area contributed by atoms with Crippen LogP contribution in [0.3, 0.4) is 0 Å². The number of aliphatic hydroxyl groups is 1. The Labute approximate surface area is 123 Å². The summed E-state index contributed by atoms with van der Waals surface area (Å²) in [7, 11) is 0. The van der Waals surface area contributed by atoms with Crippen LogP contribution in [0.4, 0.5) is 4.79 Å². The molecule has 0 radical (unpaired) electrons. The maximum absolute atomic E-state index is 11.8. The molecule has 1 aliphatic rings. The lowest BCUT2D eigenvalue weighted by Crippen LogP contribution is -2.53. The van der Waals surface area contributed by atoms with Gasteiger partial charge in [0.2, 0.25) is 0 Å². The minimum Gasteiger partial charge on any atom is -0.394 e. The monoisotopic (exact) mass is 285 g/mol. The number of urea groups is 1. The van der Waals surface area contributed by atoms with Crippen LogP contribution < -0.4 is 10.6 Å². The van der Waals surface area contributed by atoms with E-state index in [-0.39, 0.29) is 12.6 Å². The summed E-state index contributed by atoms with van der Waals surface area (Å²) in [4.78, 5) is 14.3. The van der Waals surface area contributed by atoms with Crippen molar-refractivity contribution in [3.05, 3.63) is 0 Å². The van der Waals surface area contributed by atoms with E-state index < -0.39 is 5.54 Å². The van der Waals surface area contributed by atoms with Gasteiger partial charge in [-0.25, -0.2) is 4.79 Å². The Kier molecular flexibility index (Phi) is 7.30. The van der Waals surface area contributed by atoms with Gasteiger partial charge in [-0.15, -0.1) is 0 Å². The van der Waals surface area contributed by atoms with Crippen molar-refractivity contribution in [3.63, 3.8) is 0 Å². The average molecular weight is 285 g/mol. The fraction of sp³-hybridized carbons (Fsp3) is 0.933. The number of carbonyl (C=O) groups is 1. The van der Waals surface area contributed by atoms with Crippen molar-refractivity contribution in [1.82, 2.24) is 15.5 Å². The van der Waals surface area contributed by atoms with Crippen LogP contribution in [-0.4, -0.2) is 54.4 Å². The fourth-order valence-electron chi connectivity index (χ4n) is 2.87. The van der Waals surface area contributed by atoms with E-state index in [0.29, 0.717) is 6.54 Å². The third-order valence-corrected chi connectivity index (χ3v) is 4.02. The van der Waals surface area contributed by atoms with Gasteiger partial charge in [-0.1, -0.05) is 20.3 Å². The maximum Gasteiger partial charge on any atom is 0.315 e. The first-order chi connectivity index (χ1) is 9.49. The van der Waals surface area contributed by atoms with Crippen molar-refractivity contribution < 1.29 is 9.90 Å². The van der Waals surface area contributed by atoms with Crippen LogP contribution in [-0.2, 0) is 0 Å². The molecular weight excluding hydrogens is 254 g/mol. The summed E-state index contributed by atoms with van der Waals surface area (Å²) in [5.41, 5.74) is -0.515. The lowest BCUT2D eigenvalue weighted by atomic mass is 9.98. The molecule has 0 aliphatic carbocycles. The zero-order chi connectivity index (χ0) is 15.0. The van der Waals surface area contributed by atoms with Gasteiger partial charge >= 0.3 is 6.03 Å². The summed E-state index contributed by atoms with van der Waals surface area (Å²) < 4.78 is 0. The average Bonchev–Trinajstić information content (AvgIpc) is 2.39. The van der Waals surface area contributed by atoms with Crippen LogP contribution in [0.1, 0.15) is 46.5 Å². The van der Waals surface area contributed by atoms with E-state index in [0.717, 1.165) is 38.4 Å². The molecule has 0 aromatic carbocycles. The number of amides is 2. The third kappa shape index (κ3) is 6.09. The molecule has 0 aromatic rings. The van der Waals surface area contributed by atoms with Gasteiger partial charge in [0.05, 0.1) is 12.1 Å². The van der Waals surface area contributed by atoms with Gasteiger partial charge in [0.1, 0.15) is 0 Å². The van der Waals surface area contributed by atoms with Crippen molar-refractivity contribution in [3.8, 4) is 0 Å². The Morgan fingerprint density at radius 1 is 1.50 bits per heavy atom.